The van der Waals surface area contributed by atoms with Gasteiger partial charge in [-0.05, 0) is 67.6 Å². The Bertz CT molecular complexity index is 638. The van der Waals surface area contributed by atoms with E-state index in [0.717, 1.165) is 32.1 Å². The molecule has 0 spiro atoms. The van der Waals surface area contributed by atoms with Crippen molar-refractivity contribution in [2.24, 2.45) is 34.5 Å². The molecular formula is C21H30O4. The molecule has 0 aliphatic heterocycles. The molecule has 4 rings (SSSR count). The monoisotopic (exact) mass is 346 g/mol. The number of carbonyl (C=O) groups excluding carboxylic acids is 1. The Morgan fingerprint density at radius 1 is 1.28 bits per heavy atom. The number of ketones is 1. The minimum absolute atomic E-state index is 0.00531. The van der Waals surface area contributed by atoms with Gasteiger partial charge in [0.15, 0.2) is 0 Å². The smallest absolute Gasteiger partial charge is 0.303 e. The first-order chi connectivity index (χ1) is 11.8. The van der Waals surface area contributed by atoms with Crippen molar-refractivity contribution in [1.29, 1.82) is 0 Å². The molecule has 0 heterocycles. The Morgan fingerprint density at radius 3 is 2.76 bits per heavy atom. The van der Waals surface area contributed by atoms with Crippen LogP contribution in [0.3, 0.4) is 0 Å². The van der Waals surface area contributed by atoms with E-state index in [1.165, 1.54) is 5.57 Å². The number of rotatable bonds is 2. The molecule has 4 heteroatoms. The Kier molecular flexibility index (Phi) is 3.91. The zero-order valence-electron chi connectivity index (χ0n) is 15.3. The number of allylic oxidation sites excluding steroid dienone is 1. The van der Waals surface area contributed by atoms with E-state index >= 15 is 0 Å². The average Bonchev–Trinajstić information content (AvgIpc) is 2.84. The average molecular weight is 346 g/mol. The third-order valence-corrected chi connectivity index (χ3v) is 8.53. The van der Waals surface area contributed by atoms with E-state index in [2.05, 4.69) is 19.9 Å². The van der Waals surface area contributed by atoms with Crippen LogP contribution in [0.5, 0.6) is 0 Å². The molecule has 25 heavy (non-hydrogen) atoms. The highest BCUT2D eigenvalue weighted by molar-refractivity contribution is 5.87. The number of carbonyl (C=O) groups is 2. The summed E-state index contributed by atoms with van der Waals surface area (Å²) < 4.78 is 0. The highest BCUT2D eigenvalue weighted by Crippen LogP contribution is 2.65. The van der Waals surface area contributed by atoms with Crippen LogP contribution in [0.4, 0.5) is 0 Å². The van der Waals surface area contributed by atoms with Gasteiger partial charge < -0.3 is 10.2 Å². The lowest BCUT2D eigenvalue weighted by Crippen LogP contribution is -2.54. The van der Waals surface area contributed by atoms with Crippen LogP contribution in [0.2, 0.25) is 0 Å². The van der Waals surface area contributed by atoms with Crippen molar-refractivity contribution in [3.05, 3.63) is 11.6 Å². The van der Waals surface area contributed by atoms with E-state index in [4.69, 9.17) is 0 Å². The topological polar surface area (TPSA) is 74.6 Å². The Morgan fingerprint density at radius 2 is 2.04 bits per heavy atom. The van der Waals surface area contributed by atoms with Crippen molar-refractivity contribution < 1.29 is 19.8 Å². The second-order valence-corrected chi connectivity index (χ2v) is 9.43. The Labute approximate surface area is 149 Å². The minimum Gasteiger partial charge on any atom is -0.481 e. The zero-order chi connectivity index (χ0) is 18.0. The van der Waals surface area contributed by atoms with Crippen molar-refractivity contribution >= 4 is 11.8 Å². The first-order valence-corrected chi connectivity index (χ1v) is 9.89. The maximum Gasteiger partial charge on any atom is 0.303 e. The molecule has 0 radical (unpaired) electrons. The number of hydrogen-bond donors (Lipinski definition) is 2. The lowest BCUT2D eigenvalue weighted by molar-refractivity contribution is -0.142. The molecule has 4 nitrogen and oxygen atoms in total. The van der Waals surface area contributed by atoms with Crippen LogP contribution in [0, 0.1) is 34.5 Å². The molecule has 3 saturated carbocycles. The summed E-state index contributed by atoms with van der Waals surface area (Å²) in [7, 11) is 0. The normalized spacial score (nSPS) is 49.0. The number of Topliss-reactive ketones (excluding diaryl/α,β-unsaturated/α-hetero) is 1. The fourth-order valence-electron chi connectivity index (χ4n) is 7.15. The van der Waals surface area contributed by atoms with Crippen LogP contribution < -0.4 is 0 Å². The standard InChI is InChI=1S/C21H30O4/c1-20-8-7-17-15(16(20)5-6-18(20)23)4-3-12-9-14(22)10-13(11-19(24)25)21(12,17)2/h3,13-17,22H,4-11H2,1-2H3,(H,24,25)/t13?,14-,15+,16+,17+,20+,21-/m1/s1. The van der Waals surface area contributed by atoms with E-state index in [9.17, 15) is 19.8 Å². The van der Waals surface area contributed by atoms with Crippen LogP contribution in [0.25, 0.3) is 0 Å². The van der Waals surface area contributed by atoms with Crippen LogP contribution in [0.1, 0.15) is 65.2 Å². The summed E-state index contributed by atoms with van der Waals surface area (Å²) in [6, 6.07) is 0. The molecule has 0 aromatic carbocycles. The summed E-state index contributed by atoms with van der Waals surface area (Å²) in [5.41, 5.74) is 0.999. The van der Waals surface area contributed by atoms with Crippen LogP contribution in [-0.2, 0) is 9.59 Å². The summed E-state index contributed by atoms with van der Waals surface area (Å²) in [6.07, 6.45) is 7.98. The summed E-state index contributed by atoms with van der Waals surface area (Å²) in [5.74, 6) is 1.06. The van der Waals surface area contributed by atoms with E-state index in [1.807, 2.05) is 0 Å². The van der Waals surface area contributed by atoms with Gasteiger partial charge in [-0.15, -0.1) is 0 Å². The highest BCUT2D eigenvalue weighted by Gasteiger charge is 2.60. The molecule has 0 aromatic heterocycles. The van der Waals surface area contributed by atoms with Gasteiger partial charge in [0.25, 0.3) is 0 Å². The molecule has 4 aliphatic rings. The SMILES string of the molecule is C[C@]12CC[C@H]3[C@@H](CC=C4C[C@@H](O)CC(CC(=O)O)[C@@]43C)[C@@H]1CCC2=O. The van der Waals surface area contributed by atoms with Gasteiger partial charge >= 0.3 is 5.97 Å². The van der Waals surface area contributed by atoms with E-state index in [1.54, 1.807) is 0 Å². The molecule has 3 fully saturated rings. The van der Waals surface area contributed by atoms with Gasteiger partial charge in [-0.25, -0.2) is 0 Å². The number of fused-ring (bicyclic) bond motifs is 5. The van der Waals surface area contributed by atoms with Gasteiger partial charge in [0.1, 0.15) is 5.78 Å². The zero-order valence-corrected chi connectivity index (χ0v) is 15.3. The summed E-state index contributed by atoms with van der Waals surface area (Å²) >= 11 is 0. The number of aliphatic hydroxyl groups is 1. The van der Waals surface area contributed by atoms with Crippen LogP contribution in [-0.4, -0.2) is 28.1 Å². The third kappa shape index (κ3) is 2.36. The van der Waals surface area contributed by atoms with Crippen molar-refractivity contribution in [3.8, 4) is 0 Å². The third-order valence-electron chi connectivity index (χ3n) is 8.53. The molecule has 1 unspecified atom stereocenters. The quantitative estimate of drug-likeness (QED) is 0.750. The molecule has 0 bridgehead atoms. The molecule has 138 valence electrons. The van der Waals surface area contributed by atoms with Crippen LogP contribution >= 0.6 is 0 Å². The summed E-state index contributed by atoms with van der Waals surface area (Å²) in [6.45, 7) is 4.43. The number of aliphatic carboxylic acids is 1. The molecule has 2 N–H and O–H groups in total. The highest BCUT2D eigenvalue weighted by atomic mass is 16.4. The second kappa shape index (κ2) is 5.67. The molecule has 0 saturated heterocycles. The van der Waals surface area contributed by atoms with Gasteiger partial charge in [0, 0.05) is 18.3 Å². The molecular weight excluding hydrogens is 316 g/mol. The minimum atomic E-state index is -0.765. The number of carboxylic acids is 1. The summed E-state index contributed by atoms with van der Waals surface area (Å²) in [5, 5.41) is 19.7. The van der Waals surface area contributed by atoms with Gasteiger partial charge in [0.05, 0.1) is 6.10 Å². The Balaban J connectivity index is 1.72. The second-order valence-electron chi connectivity index (χ2n) is 9.43. The van der Waals surface area contributed by atoms with E-state index in [0.29, 0.717) is 36.4 Å². The van der Waals surface area contributed by atoms with Gasteiger partial charge in [-0.1, -0.05) is 25.5 Å². The van der Waals surface area contributed by atoms with Gasteiger partial charge in [-0.2, -0.15) is 0 Å². The number of carboxylic acid groups (broad SMARTS) is 1. The van der Waals surface area contributed by atoms with Crippen molar-refractivity contribution in [2.75, 3.05) is 0 Å². The number of hydrogen-bond acceptors (Lipinski definition) is 3. The van der Waals surface area contributed by atoms with Crippen molar-refractivity contribution in [3.63, 3.8) is 0 Å². The maximum absolute atomic E-state index is 12.5. The van der Waals surface area contributed by atoms with Gasteiger partial charge in [-0.3, -0.25) is 9.59 Å². The molecule has 0 aromatic rings. The molecule has 0 amide bonds. The van der Waals surface area contributed by atoms with E-state index < -0.39 is 12.1 Å². The molecule has 7 atom stereocenters. The fourth-order valence-corrected chi connectivity index (χ4v) is 7.15. The number of aliphatic hydroxyl groups excluding tert-OH is 1. The maximum atomic E-state index is 12.5. The lowest BCUT2D eigenvalue weighted by atomic mass is 9.45. The largest absolute Gasteiger partial charge is 0.481 e. The predicted octanol–water partition coefficient (Wildman–Crippen LogP) is 3.58. The predicted molar refractivity (Wildman–Crippen MR) is 93.8 cm³/mol. The first kappa shape index (κ1) is 17.3. The van der Waals surface area contributed by atoms with Crippen LogP contribution in [0.15, 0.2) is 11.6 Å². The van der Waals surface area contributed by atoms with E-state index in [-0.39, 0.29) is 23.2 Å². The lowest BCUT2D eigenvalue weighted by Gasteiger charge is -2.59. The van der Waals surface area contributed by atoms with Gasteiger partial charge in [0.2, 0.25) is 0 Å². The summed E-state index contributed by atoms with van der Waals surface area (Å²) in [4.78, 5) is 24.0. The Hall–Kier alpha value is -1.16. The van der Waals surface area contributed by atoms with Crippen molar-refractivity contribution in [1.82, 2.24) is 0 Å². The molecule has 4 aliphatic carbocycles. The fraction of sp³-hybridized carbons (Fsp3) is 0.810. The van der Waals surface area contributed by atoms with Crippen molar-refractivity contribution in [2.45, 2.75) is 71.3 Å². The first-order valence-electron chi connectivity index (χ1n) is 9.89.